The van der Waals surface area contributed by atoms with Crippen molar-refractivity contribution in [3.05, 3.63) is 59.4 Å². The van der Waals surface area contributed by atoms with Crippen molar-refractivity contribution in [3.63, 3.8) is 0 Å². The molecule has 2 aromatic rings. The van der Waals surface area contributed by atoms with Crippen LogP contribution in [0.2, 0.25) is 0 Å². The molecule has 9 heteroatoms. The molecule has 0 fully saturated rings. The van der Waals surface area contributed by atoms with E-state index in [1.165, 1.54) is 29.5 Å². The van der Waals surface area contributed by atoms with Gasteiger partial charge in [-0.1, -0.05) is 63.6 Å². The predicted octanol–water partition coefficient (Wildman–Crippen LogP) is 10.5. The van der Waals surface area contributed by atoms with Crippen molar-refractivity contribution >= 4 is 23.5 Å². The van der Waals surface area contributed by atoms with Crippen LogP contribution in [0.15, 0.2) is 47.4 Å². The van der Waals surface area contributed by atoms with Gasteiger partial charge in [0.05, 0.1) is 0 Å². The van der Waals surface area contributed by atoms with E-state index in [1.807, 2.05) is 24.3 Å². The van der Waals surface area contributed by atoms with E-state index in [9.17, 15) is 31.4 Å². The lowest BCUT2D eigenvalue weighted by Gasteiger charge is -2.43. The number of rotatable bonds is 15. The molecule has 2 atom stereocenters. The van der Waals surface area contributed by atoms with Crippen molar-refractivity contribution < 1.29 is 31.4 Å². The summed E-state index contributed by atoms with van der Waals surface area (Å²) in [5.74, 6) is -2.31. The van der Waals surface area contributed by atoms with Gasteiger partial charge in [-0.2, -0.15) is 33.7 Å². The van der Waals surface area contributed by atoms with Crippen LogP contribution >= 0.6 is 23.5 Å². The molecule has 2 unspecified atom stereocenters. The fraction of sp³-hybridized carbons (Fsp3) is 0.600. The Balaban J connectivity index is 1.36. The zero-order valence-corrected chi connectivity index (χ0v) is 24.0. The van der Waals surface area contributed by atoms with Crippen molar-refractivity contribution in [1.82, 2.24) is 0 Å². The minimum atomic E-state index is -5.45. The fourth-order valence-corrected chi connectivity index (χ4v) is 7.64. The van der Waals surface area contributed by atoms with E-state index in [2.05, 4.69) is 6.92 Å². The summed E-state index contributed by atoms with van der Waals surface area (Å²) >= 11 is 3.19. The van der Waals surface area contributed by atoms with E-state index in [0.717, 1.165) is 73.3 Å². The number of unbranched alkanes of at least 4 members (excludes halogenated alkanes) is 6. The van der Waals surface area contributed by atoms with E-state index < -0.39 is 18.5 Å². The van der Waals surface area contributed by atoms with Gasteiger partial charge in [-0.15, -0.1) is 11.8 Å². The fourth-order valence-electron chi connectivity index (χ4n) is 5.27. The van der Waals surface area contributed by atoms with Gasteiger partial charge in [-0.3, -0.25) is 0 Å². The molecule has 3 rings (SSSR count). The molecule has 1 aliphatic rings. The minimum Gasteiger partial charge on any atom is -0.508 e. The first kappa shape index (κ1) is 32.0. The molecular formula is C30H38F6OS2. The first-order chi connectivity index (χ1) is 18.4. The van der Waals surface area contributed by atoms with E-state index in [4.69, 9.17) is 0 Å². The lowest BCUT2D eigenvalue weighted by Crippen LogP contribution is -2.36. The largest absolute Gasteiger partial charge is 0.508 e. The number of phenolic OH excluding ortho intramolecular Hbond substituents is 1. The Morgan fingerprint density at radius 1 is 0.872 bits per heavy atom. The average Bonchev–Trinajstić information content (AvgIpc) is 2.87. The van der Waals surface area contributed by atoms with Crippen molar-refractivity contribution in [2.45, 2.75) is 99.5 Å². The quantitative estimate of drug-likeness (QED) is 0.164. The number of alkyl halides is 5. The highest BCUT2D eigenvalue weighted by molar-refractivity contribution is 7.99. The SMILES string of the molecule is CC1(c2ccc(F)cc2)CSc2cc(O)ccc2C1CCCCCCCCCSCCCC(F)(F)C(F)(F)F. The zero-order valence-electron chi connectivity index (χ0n) is 22.3. The summed E-state index contributed by atoms with van der Waals surface area (Å²) in [6.07, 6.45) is 1.76. The summed E-state index contributed by atoms with van der Waals surface area (Å²) in [5, 5.41) is 9.98. The third-order valence-corrected chi connectivity index (χ3v) is 10.2. The van der Waals surface area contributed by atoms with E-state index in [0.29, 0.717) is 5.75 Å². The van der Waals surface area contributed by atoms with Gasteiger partial charge in [0.2, 0.25) is 0 Å². The van der Waals surface area contributed by atoms with Gasteiger partial charge in [-0.05, 0) is 72.1 Å². The predicted molar refractivity (Wildman–Crippen MR) is 150 cm³/mol. The van der Waals surface area contributed by atoms with Crippen LogP contribution < -0.4 is 0 Å². The third kappa shape index (κ3) is 9.00. The van der Waals surface area contributed by atoms with Crippen LogP contribution in [0.4, 0.5) is 26.3 Å². The Morgan fingerprint density at radius 2 is 1.49 bits per heavy atom. The van der Waals surface area contributed by atoms with Crippen molar-refractivity contribution in [2.24, 2.45) is 0 Å². The first-order valence-corrected chi connectivity index (χ1v) is 15.8. The summed E-state index contributed by atoms with van der Waals surface area (Å²) < 4.78 is 75.9. The molecule has 1 nitrogen and oxygen atoms in total. The maximum atomic E-state index is 13.6. The van der Waals surface area contributed by atoms with E-state index >= 15 is 0 Å². The molecule has 0 saturated carbocycles. The highest BCUT2D eigenvalue weighted by Gasteiger charge is 2.56. The molecule has 0 radical (unpaired) electrons. The molecule has 0 aromatic heterocycles. The minimum absolute atomic E-state index is 0.136. The smallest absolute Gasteiger partial charge is 0.453 e. The van der Waals surface area contributed by atoms with Gasteiger partial charge in [0.1, 0.15) is 11.6 Å². The van der Waals surface area contributed by atoms with Gasteiger partial charge >= 0.3 is 12.1 Å². The molecule has 1 aliphatic heterocycles. The molecule has 39 heavy (non-hydrogen) atoms. The molecular weight excluding hydrogens is 554 g/mol. The second-order valence-electron chi connectivity index (χ2n) is 10.7. The van der Waals surface area contributed by atoms with E-state index in [1.54, 1.807) is 17.8 Å². The monoisotopic (exact) mass is 592 g/mol. The van der Waals surface area contributed by atoms with Crippen LogP contribution in [-0.4, -0.2) is 34.5 Å². The van der Waals surface area contributed by atoms with Crippen molar-refractivity contribution in [3.8, 4) is 5.75 Å². The number of aromatic hydroxyl groups is 1. The molecule has 0 amide bonds. The number of thioether (sulfide) groups is 2. The number of hydrogen-bond acceptors (Lipinski definition) is 3. The van der Waals surface area contributed by atoms with Gasteiger partial charge < -0.3 is 5.11 Å². The third-order valence-electron chi connectivity index (χ3n) is 7.65. The zero-order chi connectivity index (χ0) is 28.5. The summed E-state index contributed by atoms with van der Waals surface area (Å²) in [4.78, 5) is 1.12. The maximum Gasteiger partial charge on any atom is 0.453 e. The lowest BCUT2D eigenvalue weighted by atomic mass is 9.68. The van der Waals surface area contributed by atoms with Crippen molar-refractivity contribution in [2.75, 3.05) is 17.3 Å². The molecule has 0 aliphatic carbocycles. The summed E-state index contributed by atoms with van der Waals surface area (Å²) in [6.45, 7) is 2.26. The molecule has 218 valence electrons. The van der Waals surface area contributed by atoms with Crippen molar-refractivity contribution in [1.29, 1.82) is 0 Å². The molecule has 0 spiro atoms. The summed E-state index contributed by atoms with van der Waals surface area (Å²) in [7, 11) is 0. The lowest BCUT2D eigenvalue weighted by molar-refractivity contribution is -0.284. The second kappa shape index (κ2) is 14.4. The van der Waals surface area contributed by atoms with Gasteiger partial charge in [0.15, 0.2) is 0 Å². The van der Waals surface area contributed by atoms with Crippen LogP contribution in [0.5, 0.6) is 5.75 Å². The molecule has 1 heterocycles. The summed E-state index contributed by atoms with van der Waals surface area (Å²) in [6, 6.07) is 12.5. The highest BCUT2D eigenvalue weighted by Crippen LogP contribution is 2.52. The molecule has 0 saturated heterocycles. The normalized spacial score (nSPS) is 19.7. The topological polar surface area (TPSA) is 20.2 Å². The number of phenols is 1. The number of halogens is 6. The summed E-state index contributed by atoms with van der Waals surface area (Å²) in [5.41, 5.74) is 2.24. The maximum absolute atomic E-state index is 13.6. The van der Waals surface area contributed by atoms with Crippen LogP contribution in [0, 0.1) is 5.82 Å². The second-order valence-corrected chi connectivity index (χ2v) is 12.9. The standard InChI is InChI=1S/C30H38F6OS2/c1-28(22-11-13-23(31)14-12-22)21-39-27-20-24(37)15-16-25(27)26(28)10-7-5-3-2-4-6-8-18-38-19-9-17-29(32,33)30(34,35)36/h11-16,20,26,37H,2-10,17-19,21H2,1H3. The highest BCUT2D eigenvalue weighted by atomic mass is 32.2. The number of fused-ring (bicyclic) bond motifs is 1. The number of benzene rings is 2. The van der Waals surface area contributed by atoms with Crippen LogP contribution in [0.3, 0.4) is 0 Å². The van der Waals surface area contributed by atoms with Gasteiger partial charge in [0.25, 0.3) is 0 Å². The van der Waals surface area contributed by atoms with Crippen LogP contribution in [0.25, 0.3) is 0 Å². The van der Waals surface area contributed by atoms with Crippen LogP contribution in [0.1, 0.15) is 88.2 Å². The van der Waals surface area contributed by atoms with Crippen LogP contribution in [-0.2, 0) is 5.41 Å². The van der Waals surface area contributed by atoms with E-state index in [-0.39, 0.29) is 29.3 Å². The molecule has 0 bridgehead atoms. The Hall–Kier alpha value is -1.48. The van der Waals surface area contributed by atoms with Gasteiger partial charge in [0, 0.05) is 22.5 Å². The molecule has 2 aromatic carbocycles. The molecule has 1 N–H and O–H groups in total. The van der Waals surface area contributed by atoms with Gasteiger partial charge in [-0.25, -0.2) is 4.39 Å². The Morgan fingerprint density at radius 3 is 2.15 bits per heavy atom. The number of hydrogen-bond donors (Lipinski definition) is 1. The first-order valence-electron chi connectivity index (χ1n) is 13.7. The Kier molecular flexibility index (Phi) is 11.8. The average molecular weight is 593 g/mol. The Bertz CT molecular complexity index is 1030. The Labute approximate surface area is 236 Å².